The Morgan fingerprint density at radius 2 is 1.42 bits per heavy atom. The van der Waals surface area contributed by atoms with E-state index in [1.54, 1.807) is 24.3 Å². The Hall–Kier alpha value is -2.85. The molecule has 0 bridgehead atoms. The van der Waals surface area contributed by atoms with Crippen LogP contribution in [0.1, 0.15) is 24.8 Å². The fraction of sp³-hybridized carbons (Fsp3) is 0.500. The van der Waals surface area contributed by atoms with Crippen molar-refractivity contribution in [3.05, 3.63) is 29.8 Å². The summed E-state index contributed by atoms with van der Waals surface area (Å²) in [7, 11) is 1.08. The zero-order chi connectivity index (χ0) is 23.1. The molecule has 0 unspecified atom stereocenters. The van der Waals surface area contributed by atoms with E-state index in [2.05, 4.69) is 0 Å². The van der Waals surface area contributed by atoms with Crippen LogP contribution in [0.25, 0.3) is 0 Å². The maximum Gasteiger partial charge on any atom is 0.335 e. The van der Waals surface area contributed by atoms with Gasteiger partial charge in [0.15, 0.2) is 6.10 Å². The maximum atomic E-state index is 12.3. The number of rotatable bonds is 10. The molecule has 1 saturated heterocycles. The van der Waals surface area contributed by atoms with Gasteiger partial charge in [0.25, 0.3) is 0 Å². The lowest BCUT2D eigenvalue weighted by Gasteiger charge is -2.44. The molecule has 2 rings (SSSR count). The minimum Gasteiger partial charge on any atom is -0.481 e. The van der Waals surface area contributed by atoms with Crippen molar-refractivity contribution in [1.82, 2.24) is 0 Å². The van der Waals surface area contributed by atoms with Crippen LogP contribution in [0.15, 0.2) is 24.3 Å². The largest absolute Gasteiger partial charge is 0.481 e. The van der Waals surface area contributed by atoms with Gasteiger partial charge in [0.05, 0.1) is 20.0 Å². The van der Waals surface area contributed by atoms with E-state index >= 15 is 0 Å². The molecule has 31 heavy (non-hydrogen) atoms. The van der Waals surface area contributed by atoms with Gasteiger partial charge < -0.3 is 29.5 Å². The highest BCUT2D eigenvalue weighted by atomic mass is 35.5. The molecule has 1 aliphatic rings. The topological polar surface area (TPSA) is 157 Å². The summed E-state index contributed by atoms with van der Waals surface area (Å²) in [4.78, 5) is 46.7. The van der Waals surface area contributed by atoms with Gasteiger partial charge in [-0.25, -0.2) is 4.79 Å². The maximum absolute atomic E-state index is 12.3. The SMILES string of the molecule is COC(=O)[C@H]1O[C@@H](Oc2ccc(CCl)cc2)[C@H](CC(=O)O)[C@@H](CC(=O)O)[C@@H]1CC(=O)O. The van der Waals surface area contributed by atoms with E-state index in [0.717, 1.165) is 12.7 Å². The summed E-state index contributed by atoms with van der Waals surface area (Å²) in [5.74, 6) is -7.35. The highest BCUT2D eigenvalue weighted by Gasteiger charge is 2.51. The number of carbonyl (C=O) groups is 4. The highest BCUT2D eigenvalue weighted by Crippen LogP contribution is 2.42. The highest BCUT2D eigenvalue weighted by molar-refractivity contribution is 6.17. The standard InChI is InChI=1S/C20H23ClO10/c1-29-19(28)18-13(7-16(24)25)12(6-15(22)23)14(8-17(26)27)20(31-18)30-11-4-2-10(9-21)3-5-11/h2-5,12-14,18,20H,6-9H2,1H3,(H,22,23)(H,24,25)(H,26,27)/t12-,13-,14+,18-,20+/m0/s1. The summed E-state index contributed by atoms with van der Waals surface area (Å²) in [5.41, 5.74) is 0.804. The number of benzene rings is 1. The second kappa shape index (κ2) is 11.0. The number of esters is 1. The number of ether oxygens (including phenoxy) is 3. The van der Waals surface area contributed by atoms with E-state index in [-0.39, 0.29) is 11.6 Å². The number of carboxylic acids is 3. The fourth-order valence-electron chi connectivity index (χ4n) is 3.76. The third-order valence-electron chi connectivity index (χ3n) is 5.11. The van der Waals surface area contributed by atoms with Crippen molar-refractivity contribution in [2.24, 2.45) is 17.8 Å². The lowest BCUT2D eigenvalue weighted by molar-refractivity contribution is -0.233. The molecule has 0 aromatic heterocycles. The Morgan fingerprint density at radius 1 is 0.903 bits per heavy atom. The van der Waals surface area contributed by atoms with Crippen LogP contribution in [-0.2, 0) is 34.5 Å². The predicted octanol–water partition coefficient (Wildman–Crippen LogP) is 1.97. The van der Waals surface area contributed by atoms with E-state index in [9.17, 15) is 34.5 Å². The van der Waals surface area contributed by atoms with Crippen LogP contribution in [0.4, 0.5) is 0 Å². The fourth-order valence-corrected chi connectivity index (χ4v) is 3.93. The molecular formula is C20H23ClO10. The van der Waals surface area contributed by atoms with Crippen molar-refractivity contribution in [3.8, 4) is 5.75 Å². The number of carbonyl (C=O) groups excluding carboxylic acids is 1. The van der Waals surface area contributed by atoms with Crippen LogP contribution < -0.4 is 4.74 Å². The van der Waals surface area contributed by atoms with E-state index < -0.39 is 73.3 Å². The summed E-state index contributed by atoms with van der Waals surface area (Å²) >= 11 is 5.76. The van der Waals surface area contributed by atoms with E-state index in [0.29, 0.717) is 0 Å². The van der Waals surface area contributed by atoms with E-state index in [4.69, 9.17) is 25.8 Å². The van der Waals surface area contributed by atoms with Crippen LogP contribution in [0.2, 0.25) is 0 Å². The van der Waals surface area contributed by atoms with Gasteiger partial charge >= 0.3 is 23.9 Å². The molecule has 1 aliphatic heterocycles. The quantitative estimate of drug-likeness (QED) is 0.349. The first-order chi connectivity index (χ1) is 14.7. The summed E-state index contributed by atoms with van der Waals surface area (Å²) in [6.07, 6.45) is -4.49. The number of hydrogen-bond acceptors (Lipinski definition) is 7. The van der Waals surface area contributed by atoms with Crippen molar-refractivity contribution < 1.29 is 48.7 Å². The number of hydrogen-bond donors (Lipinski definition) is 3. The number of aliphatic carboxylic acids is 3. The van der Waals surface area contributed by atoms with Gasteiger partial charge in [-0.3, -0.25) is 14.4 Å². The summed E-state index contributed by atoms with van der Waals surface area (Å²) in [6.45, 7) is 0. The zero-order valence-corrected chi connectivity index (χ0v) is 17.4. The first kappa shape index (κ1) is 24.4. The van der Waals surface area contributed by atoms with Gasteiger partial charge in [-0.1, -0.05) is 12.1 Å². The van der Waals surface area contributed by atoms with E-state index in [1.807, 2.05) is 0 Å². The van der Waals surface area contributed by atoms with Crippen molar-refractivity contribution in [3.63, 3.8) is 0 Å². The summed E-state index contributed by atoms with van der Waals surface area (Å²) in [5, 5.41) is 28.1. The van der Waals surface area contributed by atoms with Crippen molar-refractivity contribution in [2.75, 3.05) is 7.11 Å². The summed E-state index contributed by atoms with van der Waals surface area (Å²) < 4.78 is 16.2. The second-order valence-corrected chi connectivity index (χ2v) is 7.40. The molecule has 0 saturated carbocycles. The molecule has 0 radical (unpaired) electrons. The van der Waals surface area contributed by atoms with Gasteiger partial charge in [0.1, 0.15) is 5.75 Å². The minimum atomic E-state index is -1.44. The molecule has 10 nitrogen and oxygen atoms in total. The Bertz CT molecular complexity index is 809. The monoisotopic (exact) mass is 458 g/mol. The van der Waals surface area contributed by atoms with Crippen LogP contribution in [0, 0.1) is 17.8 Å². The van der Waals surface area contributed by atoms with Crippen LogP contribution >= 0.6 is 11.6 Å². The van der Waals surface area contributed by atoms with Crippen molar-refractivity contribution in [1.29, 1.82) is 0 Å². The van der Waals surface area contributed by atoms with Crippen LogP contribution in [0.5, 0.6) is 5.75 Å². The van der Waals surface area contributed by atoms with Gasteiger partial charge in [0, 0.05) is 24.1 Å². The molecule has 0 aliphatic carbocycles. The molecule has 170 valence electrons. The molecule has 0 spiro atoms. The Labute approximate surface area is 182 Å². The lowest BCUT2D eigenvalue weighted by atomic mass is 9.71. The van der Waals surface area contributed by atoms with Crippen LogP contribution in [-0.4, -0.2) is 58.7 Å². The number of alkyl halides is 1. The van der Waals surface area contributed by atoms with Gasteiger partial charge in [-0.15, -0.1) is 11.6 Å². The third-order valence-corrected chi connectivity index (χ3v) is 5.42. The van der Waals surface area contributed by atoms with E-state index in [1.165, 1.54) is 0 Å². The second-order valence-electron chi connectivity index (χ2n) is 7.13. The minimum absolute atomic E-state index is 0.268. The van der Waals surface area contributed by atoms with Crippen molar-refractivity contribution in [2.45, 2.75) is 37.5 Å². The van der Waals surface area contributed by atoms with Gasteiger partial charge in [0.2, 0.25) is 6.29 Å². The average Bonchev–Trinajstić information content (AvgIpc) is 2.71. The smallest absolute Gasteiger partial charge is 0.335 e. The molecule has 1 heterocycles. The number of halogens is 1. The molecule has 3 N–H and O–H groups in total. The molecule has 1 aromatic rings. The molecule has 11 heteroatoms. The first-order valence-electron chi connectivity index (χ1n) is 9.36. The Morgan fingerprint density at radius 3 is 1.90 bits per heavy atom. The molecule has 1 aromatic carbocycles. The number of carboxylic acid groups (broad SMARTS) is 3. The predicted molar refractivity (Wildman–Crippen MR) is 105 cm³/mol. The van der Waals surface area contributed by atoms with Gasteiger partial charge in [-0.2, -0.15) is 0 Å². The first-order valence-corrected chi connectivity index (χ1v) is 9.90. The third kappa shape index (κ3) is 6.56. The van der Waals surface area contributed by atoms with Crippen LogP contribution in [0.3, 0.4) is 0 Å². The summed E-state index contributed by atoms with van der Waals surface area (Å²) in [6, 6.07) is 6.50. The molecule has 5 atom stereocenters. The Balaban J connectivity index is 2.46. The lowest BCUT2D eigenvalue weighted by Crippen LogP contribution is -2.54. The molecular weight excluding hydrogens is 436 g/mol. The molecule has 0 amide bonds. The normalized spacial score (nSPS) is 25.4. The zero-order valence-electron chi connectivity index (χ0n) is 16.6. The Kier molecular flexibility index (Phi) is 8.64. The van der Waals surface area contributed by atoms with Crippen molar-refractivity contribution >= 4 is 35.5 Å². The molecule has 1 fully saturated rings. The average molecular weight is 459 g/mol. The van der Waals surface area contributed by atoms with Gasteiger partial charge in [-0.05, 0) is 23.6 Å². The number of methoxy groups -OCH3 is 1.